The highest BCUT2D eigenvalue weighted by Crippen LogP contribution is 2.25. The van der Waals surface area contributed by atoms with Crippen LogP contribution in [0.15, 0.2) is 12.1 Å². The van der Waals surface area contributed by atoms with Crippen molar-refractivity contribution in [2.75, 3.05) is 6.61 Å². The fourth-order valence-electron chi connectivity index (χ4n) is 1.19. The first-order valence-corrected chi connectivity index (χ1v) is 4.51. The standard InChI is InChI=1S/C11H11NO3/c1-3-15-11(14)9-5-4-8(6-12)7(2)10(9)13/h4-5,13H,3H2,1-2H3. The van der Waals surface area contributed by atoms with Gasteiger partial charge in [0.05, 0.1) is 18.2 Å². The molecular weight excluding hydrogens is 194 g/mol. The lowest BCUT2D eigenvalue weighted by atomic mass is 10.0. The topological polar surface area (TPSA) is 70.3 Å². The zero-order valence-electron chi connectivity index (χ0n) is 8.57. The second kappa shape index (κ2) is 4.47. The van der Waals surface area contributed by atoms with Crippen LogP contribution in [0.4, 0.5) is 0 Å². The van der Waals surface area contributed by atoms with Gasteiger partial charge in [-0.1, -0.05) is 0 Å². The summed E-state index contributed by atoms with van der Waals surface area (Å²) >= 11 is 0. The molecule has 0 fully saturated rings. The number of nitrogens with zero attached hydrogens (tertiary/aromatic N) is 1. The van der Waals surface area contributed by atoms with Gasteiger partial charge < -0.3 is 9.84 Å². The van der Waals surface area contributed by atoms with Gasteiger partial charge in [0, 0.05) is 5.56 Å². The highest BCUT2D eigenvalue weighted by Gasteiger charge is 2.15. The van der Waals surface area contributed by atoms with Gasteiger partial charge in [-0.2, -0.15) is 5.26 Å². The molecule has 0 aromatic heterocycles. The minimum Gasteiger partial charge on any atom is -0.507 e. The second-order valence-electron chi connectivity index (χ2n) is 2.97. The Labute approximate surface area is 87.7 Å². The average molecular weight is 205 g/mol. The van der Waals surface area contributed by atoms with Crippen LogP contribution in [0, 0.1) is 18.3 Å². The molecule has 0 heterocycles. The number of esters is 1. The van der Waals surface area contributed by atoms with Crippen LogP contribution >= 0.6 is 0 Å². The smallest absolute Gasteiger partial charge is 0.341 e. The Morgan fingerprint density at radius 2 is 2.27 bits per heavy atom. The largest absolute Gasteiger partial charge is 0.507 e. The number of phenols is 1. The molecular formula is C11H11NO3. The fourth-order valence-corrected chi connectivity index (χ4v) is 1.19. The summed E-state index contributed by atoms with van der Waals surface area (Å²) in [7, 11) is 0. The summed E-state index contributed by atoms with van der Waals surface area (Å²) in [6.45, 7) is 3.51. The van der Waals surface area contributed by atoms with Gasteiger partial charge in [0.15, 0.2) is 0 Å². The van der Waals surface area contributed by atoms with E-state index in [4.69, 9.17) is 10.00 Å². The maximum absolute atomic E-state index is 11.4. The third-order valence-electron chi connectivity index (χ3n) is 2.05. The highest BCUT2D eigenvalue weighted by atomic mass is 16.5. The molecule has 0 saturated heterocycles. The third-order valence-corrected chi connectivity index (χ3v) is 2.05. The molecule has 0 aliphatic heterocycles. The van der Waals surface area contributed by atoms with Crippen molar-refractivity contribution in [2.45, 2.75) is 13.8 Å². The molecule has 0 amide bonds. The number of ether oxygens (including phenoxy) is 1. The van der Waals surface area contributed by atoms with Crippen LogP contribution in [0.1, 0.15) is 28.4 Å². The van der Waals surface area contributed by atoms with Crippen LogP contribution in [-0.2, 0) is 4.74 Å². The lowest BCUT2D eigenvalue weighted by Crippen LogP contribution is -2.05. The van der Waals surface area contributed by atoms with E-state index in [1.807, 2.05) is 6.07 Å². The number of benzene rings is 1. The van der Waals surface area contributed by atoms with Gasteiger partial charge in [0.25, 0.3) is 0 Å². The van der Waals surface area contributed by atoms with Crippen LogP contribution in [-0.4, -0.2) is 17.7 Å². The van der Waals surface area contributed by atoms with Gasteiger partial charge in [0.1, 0.15) is 11.3 Å². The summed E-state index contributed by atoms with van der Waals surface area (Å²) in [6.07, 6.45) is 0. The van der Waals surface area contributed by atoms with E-state index in [2.05, 4.69) is 0 Å². The Balaban J connectivity index is 3.19. The number of carbonyl (C=O) groups is 1. The molecule has 0 bridgehead atoms. The molecule has 1 rings (SSSR count). The predicted molar refractivity (Wildman–Crippen MR) is 53.5 cm³/mol. The van der Waals surface area contributed by atoms with Gasteiger partial charge in [-0.25, -0.2) is 4.79 Å². The molecule has 4 heteroatoms. The van der Waals surface area contributed by atoms with E-state index in [0.29, 0.717) is 11.1 Å². The van der Waals surface area contributed by atoms with E-state index in [1.165, 1.54) is 12.1 Å². The summed E-state index contributed by atoms with van der Waals surface area (Å²) in [5.74, 6) is -0.768. The van der Waals surface area contributed by atoms with Crippen LogP contribution in [0.25, 0.3) is 0 Å². The maximum atomic E-state index is 11.4. The summed E-state index contributed by atoms with van der Waals surface area (Å²) in [4.78, 5) is 11.4. The van der Waals surface area contributed by atoms with Crippen molar-refractivity contribution in [1.29, 1.82) is 5.26 Å². The summed E-state index contributed by atoms with van der Waals surface area (Å²) < 4.78 is 4.76. The third kappa shape index (κ3) is 2.08. The maximum Gasteiger partial charge on any atom is 0.341 e. The van der Waals surface area contributed by atoms with E-state index < -0.39 is 5.97 Å². The van der Waals surface area contributed by atoms with Crippen molar-refractivity contribution in [2.24, 2.45) is 0 Å². The molecule has 0 aliphatic rings. The normalized spacial score (nSPS) is 9.40. The van der Waals surface area contributed by atoms with Gasteiger partial charge in [-0.15, -0.1) is 0 Å². The number of carbonyl (C=O) groups excluding carboxylic acids is 1. The Hall–Kier alpha value is -2.02. The molecule has 0 saturated carbocycles. The number of hydrogen-bond donors (Lipinski definition) is 1. The highest BCUT2D eigenvalue weighted by molar-refractivity contribution is 5.93. The number of rotatable bonds is 2. The summed E-state index contributed by atoms with van der Waals surface area (Å²) in [6, 6.07) is 4.80. The van der Waals surface area contributed by atoms with Crippen LogP contribution in [0.3, 0.4) is 0 Å². The summed E-state index contributed by atoms with van der Waals surface area (Å²) in [5, 5.41) is 18.4. The number of aromatic hydroxyl groups is 1. The number of phenolic OH excluding ortho intramolecular Hbond substituents is 1. The molecule has 0 radical (unpaired) electrons. The molecule has 4 nitrogen and oxygen atoms in total. The van der Waals surface area contributed by atoms with E-state index in [1.54, 1.807) is 13.8 Å². The van der Waals surface area contributed by atoms with Gasteiger partial charge in [-0.3, -0.25) is 0 Å². The Kier molecular flexibility index (Phi) is 3.29. The molecule has 1 N–H and O–H groups in total. The molecule has 1 aromatic carbocycles. The van der Waals surface area contributed by atoms with Crippen molar-refractivity contribution in [3.8, 4) is 11.8 Å². The number of nitriles is 1. The Morgan fingerprint density at radius 1 is 1.60 bits per heavy atom. The minimum absolute atomic E-state index is 0.0911. The molecule has 0 unspecified atom stereocenters. The Bertz CT molecular complexity index is 432. The van der Waals surface area contributed by atoms with Gasteiger partial charge in [0.2, 0.25) is 0 Å². The zero-order valence-corrected chi connectivity index (χ0v) is 8.57. The van der Waals surface area contributed by atoms with Crippen LogP contribution in [0.5, 0.6) is 5.75 Å². The predicted octanol–water partition coefficient (Wildman–Crippen LogP) is 1.75. The number of hydrogen-bond acceptors (Lipinski definition) is 4. The van der Waals surface area contributed by atoms with E-state index in [9.17, 15) is 9.90 Å². The second-order valence-corrected chi connectivity index (χ2v) is 2.97. The van der Waals surface area contributed by atoms with Crippen molar-refractivity contribution in [1.82, 2.24) is 0 Å². The monoisotopic (exact) mass is 205 g/mol. The first-order valence-electron chi connectivity index (χ1n) is 4.51. The Morgan fingerprint density at radius 3 is 2.80 bits per heavy atom. The molecule has 78 valence electrons. The molecule has 15 heavy (non-hydrogen) atoms. The first kappa shape index (κ1) is 11.1. The fraction of sp³-hybridized carbons (Fsp3) is 0.273. The van der Waals surface area contributed by atoms with Crippen LogP contribution in [0.2, 0.25) is 0 Å². The molecule has 0 spiro atoms. The lowest BCUT2D eigenvalue weighted by molar-refractivity contribution is 0.0523. The van der Waals surface area contributed by atoms with Gasteiger partial charge in [-0.05, 0) is 26.0 Å². The first-order chi connectivity index (χ1) is 7.11. The van der Waals surface area contributed by atoms with E-state index >= 15 is 0 Å². The van der Waals surface area contributed by atoms with E-state index in [0.717, 1.165) is 0 Å². The minimum atomic E-state index is -0.581. The summed E-state index contributed by atoms with van der Waals surface area (Å²) in [5.41, 5.74) is 0.831. The quantitative estimate of drug-likeness (QED) is 0.746. The van der Waals surface area contributed by atoms with Crippen molar-refractivity contribution >= 4 is 5.97 Å². The molecule has 0 atom stereocenters. The van der Waals surface area contributed by atoms with Crippen molar-refractivity contribution < 1.29 is 14.6 Å². The SMILES string of the molecule is CCOC(=O)c1ccc(C#N)c(C)c1O. The van der Waals surface area contributed by atoms with E-state index in [-0.39, 0.29) is 17.9 Å². The molecule has 0 aliphatic carbocycles. The average Bonchev–Trinajstić information content (AvgIpc) is 2.22. The van der Waals surface area contributed by atoms with Crippen molar-refractivity contribution in [3.63, 3.8) is 0 Å². The molecule has 1 aromatic rings. The van der Waals surface area contributed by atoms with Crippen LogP contribution < -0.4 is 0 Å². The van der Waals surface area contributed by atoms with Crippen molar-refractivity contribution in [3.05, 3.63) is 28.8 Å². The zero-order chi connectivity index (χ0) is 11.4. The van der Waals surface area contributed by atoms with Gasteiger partial charge >= 0.3 is 5.97 Å². The lowest BCUT2D eigenvalue weighted by Gasteiger charge is -2.07.